The summed E-state index contributed by atoms with van der Waals surface area (Å²) in [5, 5.41) is 18.2. The Bertz CT molecular complexity index is 941. The SMILES string of the molecule is N#Cc1cccc(-c2nccn2-c2ccc(C(=O)O)c(Cl)c2)c1. The van der Waals surface area contributed by atoms with Crippen molar-refractivity contribution in [1.82, 2.24) is 9.55 Å². The molecule has 0 bridgehead atoms. The molecule has 0 aliphatic rings. The molecule has 0 amide bonds. The molecule has 0 radical (unpaired) electrons. The maximum absolute atomic E-state index is 11.0. The highest BCUT2D eigenvalue weighted by Crippen LogP contribution is 2.25. The Morgan fingerprint density at radius 1 is 1.26 bits per heavy atom. The number of rotatable bonds is 3. The Morgan fingerprint density at radius 2 is 2.09 bits per heavy atom. The van der Waals surface area contributed by atoms with Crippen molar-refractivity contribution >= 4 is 17.6 Å². The van der Waals surface area contributed by atoms with Gasteiger partial charge in [0, 0.05) is 23.6 Å². The van der Waals surface area contributed by atoms with E-state index in [0.29, 0.717) is 17.1 Å². The van der Waals surface area contributed by atoms with Crippen molar-refractivity contribution in [3.8, 4) is 23.1 Å². The zero-order valence-corrected chi connectivity index (χ0v) is 12.5. The van der Waals surface area contributed by atoms with Crippen LogP contribution in [0.3, 0.4) is 0 Å². The molecule has 0 atom stereocenters. The minimum atomic E-state index is -1.07. The quantitative estimate of drug-likeness (QED) is 0.795. The number of hydrogen-bond acceptors (Lipinski definition) is 3. The fraction of sp³-hybridized carbons (Fsp3) is 0. The molecular weight excluding hydrogens is 314 g/mol. The minimum absolute atomic E-state index is 0.0450. The second kappa shape index (κ2) is 5.95. The number of imidazole rings is 1. The topological polar surface area (TPSA) is 78.9 Å². The highest BCUT2D eigenvalue weighted by molar-refractivity contribution is 6.33. The lowest BCUT2D eigenvalue weighted by Crippen LogP contribution is -2.01. The van der Waals surface area contributed by atoms with Gasteiger partial charge in [-0.25, -0.2) is 9.78 Å². The van der Waals surface area contributed by atoms with Gasteiger partial charge in [0.1, 0.15) is 5.82 Å². The average Bonchev–Trinajstić information content (AvgIpc) is 3.04. The summed E-state index contributed by atoms with van der Waals surface area (Å²) in [7, 11) is 0. The van der Waals surface area contributed by atoms with E-state index in [9.17, 15) is 4.79 Å². The molecule has 5 nitrogen and oxygen atoms in total. The summed E-state index contributed by atoms with van der Waals surface area (Å²) >= 11 is 6.03. The lowest BCUT2D eigenvalue weighted by molar-refractivity contribution is 0.0697. The monoisotopic (exact) mass is 323 g/mol. The van der Waals surface area contributed by atoms with Gasteiger partial charge in [0.15, 0.2) is 0 Å². The van der Waals surface area contributed by atoms with Crippen LogP contribution in [0.4, 0.5) is 0 Å². The number of halogens is 1. The van der Waals surface area contributed by atoms with Crippen molar-refractivity contribution in [3.05, 3.63) is 71.0 Å². The lowest BCUT2D eigenvalue weighted by atomic mass is 10.1. The average molecular weight is 324 g/mol. The van der Waals surface area contributed by atoms with Crippen LogP contribution in [0, 0.1) is 11.3 Å². The van der Waals surface area contributed by atoms with Crippen molar-refractivity contribution in [2.75, 3.05) is 0 Å². The third kappa shape index (κ3) is 2.80. The normalized spacial score (nSPS) is 10.3. The van der Waals surface area contributed by atoms with Gasteiger partial charge in [-0.15, -0.1) is 0 Å². The Hall–Kier alpha value is -3.10. The molecule has 0 fully saturated rings. The molecule has 0 spiro atoms. The number of nitrogens with zero attached hydrogens (tertiary/aromatic N) is 3. The van der Waals surface area contributed by atoms with E-state index in [2.05, 4.69) is 11.1 Å². The highest BCUT2D eigenvalue weighted by Gasteiger charge is 2.12. The van der Waals surface area contributed by atoms with E-state index >= 15 is 0 Å². The smallest absolute Gasteiger partial charge is 0.337 e. The van der Waals surface area contributed by atoms with Crippen LogP contribution in [0.15, 0.2) is 54.9 Å². The Labute approximate surface area is 137 Å². The molecule has 3 rings (SSSR count). The van der Waals surface area contributed by atoms with Gasteiger partial charge in [0.05, 0.1) is 22.2 Å². The summed E-state index contributed by atoms with van der Waals surface area (Å²) in [4.78, 5) is 15.4. The van der Waals surface area contributed by atoms with Crippen LogP contribution >= 0.6 is 11.6 Å². The number of carboxylic acid groups (broad SMARTS) is 1. The molecule has 0 aliphatic heterocycles. The molecule has 0 saturated heterocycles. The van der Waals surface area contributed by atoms with Gasteiger partial charge in [-0.05, 0) is 30.3 Å². The first-order chi connectivity index (χ1) is 11.1. The van der Waals surface area contributed by atoms with Gasteiger partial charge in [-0.2, -0.15) is 5.26 Å². The third-order valence-corrected chi connectivity index (χ3v) is 3.66. The fourth-order valence-corrected chi connectivity index (χ4v) is 2.54. The molecule has 23 heavy (non-hydrogen) atoms. The number of carbonyl (C=O) groups is 1. The molecule has 0 saturated carbocycles. The summed E-state index contributed by atoms with van der Waals surface area (Å²) in [6, 6.07) is 13.9. The van der Waals surface area contributed by atoms with Crippen LogP contribution in [-0.4, -0.2) is 20.6 Å². The molecule has 3 aromatic rings. The van der Waals surface area contributed by atoms with Crippen molar-refractivity contribution in [2.45, 2.75) is 0 Å². The number of benzene rings is 2. The molecule has 112 valence electrons. The number of carboxylic acids is 1. The lowest BCUT2D eigenvalue weighted by Gasteiger charge is -2.09. The van der Waals surface area contributed by atoms with E-state index in [1.165, 1.54) is 6.07 Å². The van der Waals surface area contributed by atoms with Gasteiger partial charge in [0.25, 0.3) is 0 Å². The Balaban J connectivity index is 2.09. The van der Waals surface area contributed by atoms with E-state index in [4.69, 9.17) is 22.0 Å². The summed E-state index contributed by atoms with van der Waals surface area (Å²) in [6.45, 7) is 0. The largest absolute Gasteiger partial charge is 0.478 e. The zero-order chi connectivity index (χ0) is 16.4. The van der Waals surface area contributed by atoms with Crippen molar-refractivity contribution in [2.24, 2.45) is 0 Å². The third-order valence-electron chi connectivity index (χ3n) is 3.35. The number of hydrogen-bond donors (Lipinski definition) is 1. The van der Waals surface area contributed by atoms with Gasteiger partial charge >= 0.3 is 5.97 Å². The maximum atomic E-state index is 11.0. The van der Waals surface area contributed by atoms with Gasteiger partial charge < -0.3 is 5.11 Å². The molecule has 0 aliphatic carbocycles. The first-order valence-corrected chi connectivity index (χ1v) is 7.05. The van der Waals surface area contributed by atoms with Crippen molar-refractivity contribution < 1.29 is 9.90 Å². The number of aromatic nitrogens is 2. The van der Waals surface area contributed by atoms with Crippen LogP contribution in [0.2, 0.25) is 5.02 Å². The summed E-state index contributed by atoms with van der Waals surface area (Å²) in [5.41, 5.74) is 2.06. The van der Waals surface area contributed by atoms with E-state index < -0.39 is 5.97 Å². The molecule has 1 aromatic heterocycles. The first-order valence-electron chi connectivity index (χ1n) is 6.67. The Morgan fingerprint density at radius 3 is 2.78 bits per heavy atom. The van der Waals surface area contributed by atoms with Gasteiger partial charge in [-0.1, -0.05) is 23.7 Å². The second-order valence-corrected chi connectivity index (χ2v) is 5.19. The zero-order valence-electron chi connectivity index (χ0n) is 11.8. The summed E-state index contributed by atoms with van der Waals surface area (Å²) in [6.07, 6.45) is 3.38. The van der Waals surface area contributed by atoms with Gasteiger partial charge in [0.2, 0.25) is 0 Å². The predicted octanol–water partition coefficient (Wildman–Crippen LogP) is 3.76. The van der Waals surface area contributed by atoms with Crippen LogP contribution in [0.5, 0.6) is 0 Å². The van der Waals surface area contributed by atoms with E-state index in [1.807, 2.05) is 6.07 Å². The molecule has 1 N–H and O–H groups in total. The summed E-state index contributed by atoms with van der Waals surface area (Å²) < 4.78 is 1.79. The molecular formula is C17H10ClN3O2. The maximum Gasteiger partial charge on any atom is 0.337 e. The predicted molar refractivity (Wildman–Crippen MR) is 85.7 cm³/mol. The van der Waals surface area contributed by atoms with Crippen LogP contribution < -0.4 is 0 Å². The molecule has 1 heterocycles. The van der Waals surface area contributed by atoms with Gasteiger partial charge in [-0.3, -0.25) is 4.57 Å². The van der Waals surface area contributed by atoms with E-state index in [0.717, 1.165) is 5.56 Å². The molecule has 2 aromatic carbocycles. The molecule has 0 unspecified atom stereocenters. The van der Waals surface area contributed by atoms with Crippen molar-refractivity contribution in [1.29, 1.82) is 5.26 Å². The van der Waals surface area contributed by atoms with Crippen LogP contribution in [-0.2, 0) is 0 Å². The minimum Gasteiger partial charge on any atom is -0.478 e. The van der Waals surface area contributed by atoms with Crippen LogP contribution in [0.1, 0.15) is 15.9 Å². The van der Waals surface area contributed by atoms with E-state index in [-0.39, 0.29) is 10.6 Å². The number of aromatic carboxylic acids is 1. The standard InChI is InChI=1S/C17H10ClN3O2/c18-15-9-13(4-5-14(15)17(22)23)21-7-6-20-16(21)12-3-1-2-11(8-12)10-19/h1-9H,(H,22,23). The molecule has 6 heteroatoms. The Kier molecular flexibility index (Phi) is 3.83. The van der Waals surface area contributed by atoms with E-state index in [1.54, 1.807) is 47.3 Å². The highest BCUT2D eigenvalue weighted by atomic mass is 35.5. The fourth-order valence-electron chi connectivity index (χ4n) is 2.28. The van der Waals surface area contributed by atoms with Crippen LogP contribution in [0.25, 0.3) is 17.1 Å². The second-order valence-electron chi connectivity index (χ2n) is 4.78. The van der Waals surface area contributed by atoms with Crippen molar-refractivity contribution in [3.63, 3.8) is 0 Å². The summed E-state index contributed by atoms with van der Waals surface area (Å²) in [5.74, 6) is -0.435. The number of nitriles is 1. The first kappa shape index (κ1) is 14.8.